The van der Waals surface area contributed by atoms with E-state index in [2.05, 4.69) is 137 Å². The van der Waals surface area contributed by atoms with Gasteiger partial charge in [-0.05, 0) is 77.4 Å². The Morgan fingerprint density at radius 2 is 1.10 bits per heavy atom. The third-order valence-electron chi connectivity index (χ3n) is 9.38. The van der Waals surface area contributed by atoms with Crippen LogP contribution in [0.25, 0.3) is 77.2 Å². The maximum atomic E-state index is 9.99. The summed E-state index contributed by atoms with van der Waals surface area (Å²) in [6.07, 6.45) is 0. The maximum absolute atomic E-state index is 9.99. The normalized spacial score (nSPS) is 11.3. The number of fused-ring (bicyclic) bond motifs is 6. The van der Waals surface area contributed by atoms with Gasteiger partial charge in [-0.15, -0.1) is 0 Å². The first-order valence-electron chi connectivity index (χ1n) is 15.9. The molecule has 0 aliphatic carbocycles. The summed E-state index contributed by atoms with van der Waals surface area (Å²) in [6, 6.07) is 59.0. The molecule has 48 heavy (non-hydrogen) atoms. The van der Waals surface area contributed by atoms with Gasteiger partial charge >= 0.3 is 0 Å². The Morgan fingerprint density at radius 3 is 1.96 bits per heavy atom. The number of nitrogens with zero attached hydrogens (tertiary/aromatic N) is 4. The van der Waals surface area contributed by atoms with Gasteiger partial charge in [-0.3, -0.25) is 0 Å². The zero-order chi connectivity index (χ0) is 32.2. The Balaban J connectivity index is 1.31. The average molecular weight is 611 g/mol. The third-order valence-corrected chi connectivity index (χ3v) is 9.38. The van der Waals surface area contributed by atoms with Crippen LogP contribution >= 0.6 is 0 Å². The summed E-state index contributed by atoms with van der Waals surface area (Å²) in [5, 5.41) is 24.2. The zero-order valence-corrected chi connectivity index (χ0v) is 25.8. The van der Waals surface area contributed by atoms with E-state index in [1.165, 1.54) is 0 Å². The first-order chi connectivity index (χ1) is 23.7. The van der Waals surface area contributed by atoms with E-state index in [1.54, 1.807) is 0 Å². The molecule has 0 saturated carbocycles. The Hall–Kier alpha value is -6.88. The van der Waals surface area contributed by atoms with Gasteiger partial charge in [-0.25, -0.2) is 0 Å². The molecule has 0 amide bonds. The third kappa shape index (κ3) is 4.07. The predicted molar refractivity (Wildman–Crippen MR) is 195 cm³/mol. The lowest BCUT2D eigenvalue weighted by atomic mass is 9.95. The molecule has 0 unspecified atom stereocenters. The van der Waals surface area contributed by atoms with Crippen molar-refractivity contribution in [2.75, 3.05) is 0 Å². The minimum absolute atomic E-state index is 0.636. The Kier molecular flexibility index (Phi) is 6.22. The molecule has 4 heteroatoms. The molecule has 0 bridgehead atoms. The van der Waals surface area contributed by atoms with Gasteiger partial charge in [0.25, 0.3) is 0 Å². The lowest BCUT2D eigenvalue weighted by Gasteiger charge is -2.13. The summed E-state index contributed by atoms with van der Waals surface area (Å²) >= 11 is 0. The molecule has 2 aromatic heterocycles. The van der Waals surface area contributed by atoms with Crippen LogP contribution in [0.2, 0.25) is 0 Å². The van der Waals surface area contributed by atoms with Crippen molar-refractivity contribution < 1.29 is 0 Å². The van der Waals surface area contributed by atoms with Crippen LogP contribution in [-0.2, 0) is 0 Å². The summed E-state index contributed by atoms with van der Waals surface area (Å²) < 4.78 is 4.53. The summed E-state index contributed by atoms with van der Waals surface area (Å²) in [5.41, 5.74) is 12.0. The van der Waals surface area contributed by atoms with Crippen LogP contribution in [-0.4, -0.2) is 9.13 Å². The number of benzene rings is 7. The second-order valence-electron chi connectivity index (χ2n) is 12.0. The predicted octanol–water partition coefficient (Wildman–Crippen LogP) is 11.0. The first kappa shape index (κ1) is 27.4. The smallest absolute Gasteiger partial charge is 0.101 e. The molecular formula is C44H26N4. The summed E-state index contributed by atoms with van der Waals surface area (Å²) in [6.45, 7) is 0. The highest BCUT2D eigenvalue weighted by molar-refractivity contribution is 6.17. The highest BCUT2D eigenvalue weighted by Gasteiger charge is 2.20. The van der Waals surface area contributed by atoms with E-state index in [9.17, 15) is 10.5 Å². The second-order valence-corrected chi connectivity index (χ2v) is 12.0. The standard InChI is InChI=1S/C44H26N4/c45-27-29-23-24-41-38(25-29)36-19-9-18-35(44(36)47(41)33-14-2-1-3-15-33)31-13-8-12-30(26-31)34-17-10-22-42-43(34)37-16-5-7-21-40(37)48(42)39-20-6-4-11-32(39)28-46/h1-26H. The van der Waals surface area contributed by atoms with Crippen molar-refractivity contribution in [2.45, 2.75) is 0 Å². The van der Waals surface area contributed by atoms with Crippen LogP contribution in [0.1, 0.15) is 11.1 Å². The van der Waals surface area contributed by atoms with Gasteiger partial charge in [-0.2, -0.15) is 10.5 Å². The summed E-state index contributed by atoms with van der Waals surface area (Å²) in [4.78, 5) is 0. The van der Waals surface area contributed by atoms with E-state index in [-0.39, 0.29) is 0 Å². The lowest BCUT2D eigenvalue weighted by molar-refractivity contribution is 1.17. The molecule has 0 aliphatic heterocycles. The maximum Gasteiger partial charge on any atom is 0.101 e. The lowest BCUT2D eigenvalue weighted by Crippen LogP contribution is -1.97. The molecular weight excluding hydrogens is 585 g/mol. The van der Waals surface area contributed by atoms with Crippen molar-refractivity contribution in [3.8, 4) is 45.8 Å². The number of nitriles is 2. The molecule has 4 nitrogen and oxygen atoms in total. The second kappa shape index (κ2) is 10.9. The molecule has 222 valence electrons. The van der Waals surface area contributed by atoms with Crippen molar-refractivity contribution in [3.05, 3.63) is 169 Å². The Bertz CT molecular complexity index is 2800. The SMILES string of the molecule is N#Cc1ccc2c(c1)c1cccc(-c3cccc(-c4cccc5c4c4ccccc4n5-c4ccccc4C#N)c3)c1n2-c1ccccc1. The van der Waals surface area contributed by atoms with Crippen LogP contribution in [0.5, 0.6) is 0 Å². The summed E-state index contributed by atoms with van der Waals surface area (Å²) in [5.74, 6) is 0. The Morgan fingerprint density at radius 1 is 0.438 bits per heavy atom. The van der Waals surface area contributed by atoms with E-state index in [0.29, 0.717) is 11.1 Å². The van der Waals surface area contributed by atoms with Gasteiger partial charge in [0.2, 0.25) is 0 Å². The monoisotopic (exact) mass is 610 g/mol. The molecule has 0 aliphatic rings. The molecule has 7 aromatic carbocycles. The average Bonchev–Trinajstić information content (AvgIpc) is 3.68. The van der Waals surface area contributed by atoms with Crippen molar-refractivity contribution >= 4 is 43.6 Å². The topological polar surface area (TPSA) is 57.4 Å². The zero-order valence-electron chi connectivity index (χ0n) is 25.8. The highest BCUT2D eigenvalue weighted by atomic mass is 15.0. The number of hydrogen-bond donors (Lipinski definition) is 0. The molecule has 9 aromatic rings. The number of rotatable bonds is 4. The van der Waals surface area contributed by atoms with E-state index in [0.717, 1.165) is 77.2 Å². The van der Waals surface area contributed by atoms with Gasteiger partial charge in [0.1, 0.15) is 6.07 Å². The molecule has 0 radical (unpaired) electrons. The van der Waals surface area contributed by atoms with E-state index in [4.69, 9.17) is 0 Å². The molecule has 0 saturated heterocycles. The van der Waals surface area contributed by atoms with Crippen LogP contribution in [0.15, 0.2) is 158 Å². The van der Waals surface area contributed by atoms with Gasteiger partial charge in [0.15, 0.2) is 0 Å². The fraction of sp³-hybridized carbons (Fsp3) is 0. The van der Waals surface area contributed by atoms with Gasteiger partial charge in [0.05, 0.1) is 45.0 Å². The summed E-state index contributed by atoms with van der Waals surface area (Å²) in [7, 11) is 0. The fourth-order valence-corrected chi connectivity index (χ4v) is 7.35. The van der Waals surface area contributed by atoms with Gasteiger partial charge < -0.3 is 9.13 Å². The molecule has 0 fully saturated rings. The molecule has 0 N–H and O–H groups in total. The first-order valence-corrected chi connectivity index (χ1v) is 15.9. The van der Waals surface area contributed by atoms with E-state index < -0.39 is 0 Å². The van der Waals surface area contributed by atoms with Gasteiger partial charge in [-0.1, -0.05) is 97.1 Å². The van der Waals surface area contributed by atoms with Crippen LogP contribution < -0.4 is 0 Å². The molecule has 9 rings (SSSR count). The minimum atomic E-state index is 0.636. The van der Waals surface area contributed by atoms with Gasteiger partial charge in [0, 0.05) is 32.8 Å². The van der Waals surface area contributed by atoms with Crippen LogP contribution in [0.3, 0.4) is 0 Å². The number of para-hydroxylation sites is 4. The quantitative estimate of drug-likeness (QED) is 0.199. The van der Waals surface area contributed by atoms with E-state index in [1.807, 2.05) is 42.5 Å². The van der Waals surface area contributed by atoms with Crippen molar-refractivity contribution in [3.63, 3.8) is 0 Å². The van der Waals surface area contributed by atoms with Crippen molar-refractivity contribution in [1.82, 2.24) is 9.13 Å². The largest absolute Gasteiger partial charge is 0.309 e. The number of aromatic nitrogens is 2. The number of hydrogen-bond acceptors (Lipinski definition) is 2. The van der Waals surface area contributed by atoms with Crippen molar-refractivity contribution in [1.29, 1.82) is 10.5 Å². The minimum Gasteiger partial charge on any atom is -0.309 e. The fourth-order valence-electron chi connectivity index (χ4n) is 7.35. The van der Waals surface area contributed by atoms with Crippen LogP contribution in [0, 0.1) is 22.7 Å². The van der Waals surface area contributed by atoms with Crippen LogP contribution in [0.4, 0.5) is 0 Å². The molecule has 0 atom stereocenters. The van der Waals surface area contributed by atoms with E-state index >= 15 is 0 Å². The highest BCUT2D eigenvalue weighted by Crippen LogP contribution is 2.42. The Labute approximate surface area is 277 Å². The molecule has 2 heterocycles. The molecule has 0 spiro atoms. The van der Waals surface area contributed by atoms with Crippen molar-refractivity contribution in [2.24, 2.45) is 0 Å².